The summed E-state index contributed by atoms with van der Waals surface area (Å²) in [4.78, 5) is 0. The van der Waals surface area contributed by atoms with Gasteiger partial charge in [0.15, 0.2) is 5.84 Å². The van der Waals surface area contributed by atoms with Crippen LogP contribution in [0.2, 0.25) is 0 Å². The first kappa shape index (κ1) is 19.6. The van der Waals surface area contributed by atoms with E-state index < -0.39 is 17.6 Å². The quantitative estimate of drug-likeness (QED) is 0.249. The molecule has 0 unspecified atom stereocenters. The lowest BCUT2D eigenvalue weighted by Crippen LogP contribution is -2.17. The molecule has 0 bridgehead atoms. The van der Waals surface area contributed by atoms with Crippen molar-refractivity contribution in [1.29, 1.82) is 0 Å². The van der Waals surface area contributed by atoms with Crippen molar-refractivity contribution in [2.45, 2.75) is 12.6 Å². The number of nitrogens with two attached hydrogens (primary N) is 1. The van der Waals surface area contributed by atoms with Crippen LogP contribution in [0.15, 0.2) is 59.8 Å². The molecule has 0 radical (unpaired) electrons. The van der Waals surface area contributed by atoms with Gasteiger partial charge >= 0.3 is 6.18 Å². The van der Waals surface area contributed by atoms with E-state index in [1.54, 1.807) is 12.1 Å². The van der Waals surface area contributed by atoms with Gasteiger partial charge in [0.2, 0.25) is 0 Å². The molecule has 3 aromatic rings. The Morgan fingerprint density at radius 2 is 1.77 bits per heavy atom. The van der Waals surface area contributed by atoms with E-state index in [4.69, 9.17) is 10.5 Å². The van der Waals surface area contributed by atoms with Crippen LogP contribution in [0.1, 0.15) is 16.7 Å². The van der Waals surface area contributed by atoms with Crippen LogP contribution in [0.3, 0.4) is 0 Å². The molecule has 30 heavy (non-hydrogen) atoms. The molecular weight excluding hydrogens is 397 g/mol. The van der Waals surface area contributed by atoms with E-state index in [1.807, 2.05) is 6.07 Å². The number of ether oxygens (including phenoxy) is 1. The minimum Gasteiger partial charge on any atom is -0.508 e. The van der Waals surface area contributed by atoms with Crippen LogP contribution in [-0.2, 0) is 12.6 Å². The highest BCUT2D eigenvalue weighted by Gasteiger charge is 2.34. The Morgan fingerprint density at radius 3 is 2.43 bits per heavy atom. The summed E-state index contributed by atoms with van der Waals surface area (Å²) < 4.78 is 46.7. The number of rotatable bonds is 3. The number of aromatic hydroxyl groups is 1. The van der Waals surface area contributed by atoms with Crippen LogP contribution < -0.4 is 10.5 Å². The summed E-state index contributed by atoms with van der Waals surface area (Å²) in [5.41, 5.74) is 7.27. The summed E-state index contributed by atoms with van der Waals surface area (Å²) in [5.74, 6) is 0.0869. The molecule has 1 aliphatic heterocycles. The average molecular weight is 414 g/mol. The molecule has 0 fully saturated rings. The Bertz CT molecular complexity index is 1140. The van der Waals surface area contributed by atoms with Crippen molar-refractivity contribution >= 4 is 5.84 Å². The molecule has 1 aliphatic rings. The molecule has 0 amide bonds. The molecule has 154 valence electrons. The maximum atomic E-state index is 13.6. The number of nitrogens with zero attached hydrogens (tertiary/aromatic N) is 1. The third kappa shape index (κ3) is 3.41. The van der Waals surface area contributed by atoms with Gasteiger partial charge in [-0.05, 0) is 41.0 Å². The van der Waals surface area contributed by atoms with Crippen molar-refractivity contribution in [2.24, 2.45) is 10.9 Å². The Hall–Kier alpha value is -3.68. The van der Waals surface area contributed by atoms with E-state index in [1.165, 1.54) is 24.3 Å². The number of amidine groups is 1. The number of alkyl halides is 3. The Balaban J connectivity index is 2.11. The third-order valence-corrected chi connectivity index (χ3v) is 5.01. The lowest BCUT2D eigenvalue weighted by molar-refractivity contribution is -0.137. The first-order valence-electron chi connectivity index (χ1n) is 9.07. The topological polar surface area (TPSA) is 88.1 Å². The van der Waals surface area contributed by atoms with Crippen LogP contribution in [0, 0.1) is 0 Å². The third-order valence-electron chi connectivity index (χ3n) is 5.01. The fourth-order valence-electron chi connectivity index (χ4n) is 3.63. The molecule has 0 aliphatic carbocycles. The number of phenolic OH excluding ortho intramolecular Hbond substituents is 1. The molecule has 0 saturated carbocycles. The summed E-state index contributed by atoms with van der Waals surface area (Å²) in [6.45, 7) is 0.459. The van der Waals surface area contributed by atoms with Crippen molar-refractivity contribution in [3.63, 3.8) is 0 Å². The van der Waals surface area contributed by atoms with Crippen LogP contribution in [0.25, 0.3) is 22.3 Å². The first-order valence-corrected chi connectivity index (χ1v) is 9.07. The zero-order chi connectivity index (χ0) is 21.5. The Labute approximate surface area is 169 Å². The van der Waals surface area contributed by atoms with E-state index in [0.717, 1.165) is 17.7 Å². The highest BCUT2D eigenvalue weighted by atomic mass is 19.4. The minimum absolute atomic E-state index is 0.0205. The standard InChI is InChI=1S/C22H17F3N2O3/c23-22(24,25)14-10-17(12-4-6-15(28)7-5-12)19(18(11-14)21(26)27-29)16-3-1-2-13-8-9-30-20(13)16/h1-7,10-11,28-29H,8-9H2,(H2,26,27). The van der Waals surface area contributed by atoms with Crippen LogP contribution in [-0.4, -0.2) is 22.8 Å². The molecular formula is C22H17F3N2O3. The zero-order valence-corrected chi connectivity index (χ0v) is 15.6. The van der Waals surface area contributed by atoms with Crippen molar-refractivity contribution in [1.82, 2.24) is 0 Å². The molecule has 4 rings (SSSR count). The number of fused-ring (bicyclic) bond motifs is 1. The van der Waals surface area contributed by atoms with Crippen molar-refractivity contribution < 1.29 is 28.2 Å². The molecule has 3 aromatic carbocycles. The normalized spacial score (nSPS) is 13.8. The van der Waals surface area contributed by atoms with Gasteiger partial charge in [0.05, 0.1) is 12.2 Å². The second-order valence-electron chi connectivity index (χ2n) is 6.87. The predicted molar refractivity (Wildman–Crippen MR) is 106 cm³/mol. The van der Waals surface area contributed by atoms with E-state index in [0.29, 0.717) is 35.5 Å². The van der Waals surface area contributed by atoms with Gasteiger partial charge in [-0.15, -0.1) is 0 Å². The van der Waals surface area contributed by atoms with Gasteiger partial charge in [0.25, 0.3) is 0 Å². The number of hydrogen-bond acceptors (Lipinski definition) is 4. The van der Waals surface area contributed by atoms with Gasteiger partial charge in [-0.2, -0.15) is 13.2 Å². The van der Waals surface area contributed by atoms with Crippen LogP contribution >= 0.6 is 0 Å². The summed E-state index contributed by atoms with van der Waals surface area (Å²) in [5, 5.41) is 21.8. The molecule has 0 spiro atoms. The van der Waals surface area contributed by atoms with E-state index in [2.05, 4.69) is 5.16 Å². The smallest absolute Gasteiger partial charge is 0.416 e. The second kappa shape index (κ2) is 7.29. The molecule has 0 saturated heterocycles. The lowest BCUT2D eigenvalue weighted by atomic mass is 9.87. The van der Waals surface area contributed by atoms with Crippen LogP contribution in [0.5, 0.6) is 11.5 Å². The second-order valence-corrected chi connectivity index (χ2v) is 6.87. The van der Waals surface area contributed by atoms with E-state index in [9.17, 15) is 23.5 Å². The van der Waals surface area contributed by atoms with E-state index >= 15 is 0 Å². The minimum atomic E-state index is -4.65. The monoisotopic (exact) mass is 414 g/mol. The highest BCUT2D eigenvalue weighted by Crippen LogP contribution is 2.45. The highest BCUT2D eigenvalue weighted by molar-refractivity contribution is 6.07. The number of hydrogen-bond donors (Lipinski definition) is 3. The fourth-order valence-corrected chi connectivity index (χ4v) is 3.63. The number of phenols is 1. The Kier molecular flexibility index (Phi) is 4.77. The lowest BCUT2D eigenvalue weighted by Gasteiger charge is -2.20. The van der Waals surface area contributed by atoms with Gasteiger partial charge in [0.1, 0.15) is 11.5 Å². The molecule has 0 atom stereocenters. The largest absolute Gasteiger partial charge is 0.508 e. The van der Waals surface area contributed by atoms with Gasteiger partial charge < -0.3 is 20.8 Å². The average Bonchev–Trinajstić information content (AvgIpc) is 3.21. The molecule has 8 heteroatoms. The maximum absolute atomic E-state index is 13.6. The molecule has 1 heterocycles. The number of para-hydroxylation sites is 1. The first-order chi connectivity index (χ1) is 14.3. The maximum Gasteiger partial charge on any atom is 0.416 e. The van der Waals surface area contributed by atoms with Gasteiger partial charge in [-0.25, -0.2) is 0 Å². The summed E-state index contributed by atoms with van der Waals surface area (Å²) in [7, 11) is 0. The number of oxime groups is 1. The van der Waals surface area contributed by atoms with Gasteiger partial charge in [0, 0.05) is 23.1 Å². The SMILES string of the molecule is N/C(=N\O)c1cc(C(F)(F)F)cc(-c2ccc(O)cc2)c1-c1cccc2c1OCC2. The van der Waals surface area contributed by atoms with Gasteiger partial charge in [-0.3, -0.25) is 0 Å². The van der Waals surface area contributed by atoms with Crippen LogP contribution in [0.4, 0.5) is 13.2 Å². The number of halogens is 3. The van der Waals surface area contributed by atoms with Gasteiger partial charge in [-0.1, -0.05) is 35.5 Å². The summed E-state index contributed by atoms with van der Waals surface area (Å²) in [6.07, 6.45) is -3.97. The van der Waals surface area contributed by atoms with Crippen molar-refractivity contribution in [2.75, 3.05) is 6.61 Å². The summed E-state index contributed by atoms with van der Waals surface area (Å²) >= 11 is 0. The predicted octanol–water partition coefficient (Wildman–Crippen LogP) is 4.77. The fraction of sp³-hybridized carbons (Fsp3) is 0.136. The Morgan fingerprint density at radius 1 is 1.03 bits per heavy atom. The van der Waals surface area contributed by atoms with Crippen molar-refractivity contribution in [3.05, 3.63) is 71.3 Å². The summed E-state index contributed by atoms with van der Waals surface area (Å²) in [6, 6.07) is 13.1. The molecule has 0 aromatic heterocycles. The van der Waals surface area contributed by atoms with Crippen molar-refractivity contribution in [3.8, 4) is 33.8 Å². The van der Waals surface area contributed by atoms with E-state index in [-0.39, 0.29) is 16.9 Å². The zero-order valence-electron chi connectivity index (χ0n) is 15.6. The molecule has 5 nitrogen and oxygen atoms in total. The molecule has 4 N–H and O–H groups in total. The number of benzene rings is 3.